The molecule has 2 amide bonds. The van der Waals surface area contributed by atoms with Gasteiger partial charge in [-0.05, 0) is 19.3 Å². The molecule has 6 heteroatoms. The minimum atomic E-state index is -0.0462. The van der Waals surface area contributed by atoms with Crippen LogP contribution in [0, 0.1) is 0 Å². The van der Waals surface area contributed by atoms with Gasteiger partial charge < -0.3 is 10.2 Å². The highest BCUT2D eigenvalue weighted by Gasteiger charge is 2.34. The fourth-order valence-electron chi connectivity index (χ4n) is 3.75. The Bertz CT molecular complexity index is 555. The average molecular weight is 330 g/mol. The van der Waals surface area contributed by atoms with Crippen LogP contribution < -0.4 is 5.32 Å². The summed E-state index contributed by atoms with van der Waals surface area (Å²) in [7, 11) is 0. The molecule has 0 spiro atoms. The van der Waals surface area contributed by atoms with Gasteiger partial charge in [0.25, 0.3) is 0 Å². The third-order valence-electron chi connectivity index (χ3n) is 5.01. The number of aryl methyl sites for hydroxylation is 1. The number of hydrogen-bond acceptors (Lipinski definition) is 4. The van der Waals surface area contributed by atoms with E-state index in [0.717, 1.165) is 18.5 Å². The van der Waals surface area contributed by atoms with Gasteiger partial charge in [0.15, 0.2) is 0 Å². The lowest BCUT2D eigenvalue weighted by Crippen LogP contribution is -2.40. The van der Waals surface area contributed by atoms with E-state index in [1.165, 1.54) is 25.7 Å². The summed E-state index contributed by atoms with van der Waals surface area (Å²) in [6.07, 6.45) is 13.5. The van der Waals surface area contributed by atoms with Gasteiger partial charge in [-0.3, -0.25) is 19.6 Å². The summed E-state index contributed by atoms with van der Waals surface area (Å²) in [5.74, 6) is 0.183. The highest BCUT2D eigenvalue weighted by molar-refractivity contribution is 5.82. The van der Waals surface area contributed by atoms with E-state index in [9.17, 15) is 9.59 Å². The molecule has 24 heavy (non-hydrogen) atoms. The lowest BCUT2D eigenvalue weighted by Gasteiger charge is -2.27. The molecule has 6 nitrogen and oxygen atoms in total. The summed E-state index contributed by atoms with van der Waals surface area (Å²) >= 11 is 0. The smallest absolute Gasteiger partial charge is 0.225 e. The summed E-state index contributed by atoms with van der Waals surface area (Å²) in [6.45, 7) is 0.667. The summed E-state index contributed by atoms with van der Waals surface area (Å²) in [4.78, 5) is 34.6. The number of nitrogens with zero attached hydrogens (tertiary/aromatic N) is 3. The van der Waals surface area contributed by atoms with Crippen LogP contribution >= 0.6 is 0 Å². The molecule has 1 unspecified atom stereocenters. The first kappa shape index (κ1) is 16.9. The Kier molecular flexibility index (Phi) is 5.77. The van der Waals surface area contributed by atoms with Crippen molar-refractivity contribution in [3.8, 4) is 0 Å². The first-order valence-corrected chi connectivity index (χ1v) is 9.06. The van der Waals surface area contributed by atoms with Crippen LogP contribution in [-0.2, 0) is 16.0 Å². The van der Waals surface area contributed by atoms with Gasteiger partial charge in [0.2, 0.25) is 11.8 Å². The molecule has 0 radical (unpaired) electrons. The number of likely N-dealkylation sites (tertiary alicyclic amines) is 1. The third-order valence-corrected chi connectivity index (χ3v) is 5.01. The van der Waals surface area contributed by atoms with E-state index in [-0.39, 0.29) is 17.9 Å². The summed E-state index contributed by atoms with van der Waals surface area (Å²) in [5, 5.41) is 3.01. The first-order valence-electron chi connectivity index (χ1n) is 9.06. The molecule has 1 aliphatic heterocycles. The Morgan fingerprint density at radius 2 is 2.00 bits per heavy atom. The molecule has 1 saturated heterocycles. The van der Waals surface area contributed by atoms with Crippen molar-refractivity contribution in [1.82, 2.24) is 20.2 Å². The molecule has 0 bridgehead atoms. The van der Waals surface area contributed by atoms with E-state index in [1.807, 2.05) is 4.90 Å². The molecular formula is C18H26N4O2. The SMILES string of the molecule is O=C(CCc1cnccn1)NC1CC(=O)N(C2CCCCCC2)C1. The van der Waals surface area contributed by atoms with Crippen LogP contribution in [0.25, 0.3) is 0 Å². The minimum absolute atomic E-state index is 0.0128. The van der Waals surface area contributed by atoms with Crippen LogP contribution in [0.5, 0.6) is 0 Å². The number of nitrogens with one attached hydrogen (secondary N) is 1. The molecule has 2 heterocycles. The number of rotatable bonds is 5. The Morgan fingerprint density at radius 1 is 1.21 bits per heavy atom. The summed E-state index contributed by atoms with van der Waals surface area (Å²) < 4.78 is 0. The molecule has 1 atom stereocenters. The second-order valence-corrected chi connectivity index (χ2v) is 6.86. The predicted molar refractivity (Wildman–Crippen MR) is 90.1 cm³/mol. The third kappa shape index (κ3) is 4.52. The minimum Gasteiger partial charge on any atom is -0.351 e. The second kappa shape index (κ2) is 8.22. The molecule has 130 valence electrons. The van der Waals surface area contributed by atoms with Crippen molar-refractivity contribution in [3.05, 3.63) is 24.3 Å². The van der Waals surface area contributed by atoms with Crippen LogP contribution in [-0.4, -0.2) is 45.3 Å². The Balaban J connectivity index is 1.46. The largest absolute Gasteiger partial charge is 0.351 e. The zero-order chi connectivity index (χ0) is 16.8. The molecule has 1 aromatic rings. The molecule has 1 N–H and O–H groups in total. The Morgan fingerprint density at radius 3 is 2.71 bits per heavy atom. The molecule has 1 aromatic heterocycles. The molecule has 0 aromatic carbocycles. The maximum Gasteiger partial charge on any atom is 0.225 e. The van der Waals surface area contributed by atoms with Crippen LogP contribution in [0.2, 0.25) is 0 Å². The Labute approximate surface area is 143 Å². The van der Waals surface area contributed by atoms with E-state index in [1.54, 1.807) is 18.6 Å². The highest BCUT2D eigenvalue weighted by Crippen LogP contribution is 2.25. The van der Waals surface area contributed by atoms with Gasteiger partial charge in [0, 0.05) is 44.0 Å². The quantitative estimate of drug-likeness (QED) is 0.836. The van der Waals surface area contributed by atoms with Crippen molar-refractivity contribution in [2.24, 2.45) is 0 Å². The summed E-state index contributed by atoms with van der Waals surface area (Å²) in [5.41, 5.74) is 0.815. The number of hydrogen-bond donors (Lipinski definition) is 1. The lowest BCUT2D eigenvalue weighted by molar-refractivity contribution is -0.129. The average Bonchev–Trinajstić information content (AvgIpc) is 2.79. The fraction of sp³-hybridized carbons (Fsp3) is 0.667. The van der Waals surface area contributed by atoms with E-state index >= 15 is 0 Å². The normalized spacial score (nSPS) is 22.4. The second-order valence-electron chi connectivity index (χ2n) is 6.86. The van der Waals surface area contributed by atoms with Gasteiger partial charge >= 0.3 is 0 Å². The molecule has 2 fully saturated rings. The monoisotopic (exact) mass is 330 g/mol. The summed E-state index contributed by atoms with van der Waals surface area (Å²) in [6, 6.07) is 0.330. The maximum atomic E-state index is 12.3. The standard InChI is InChI=1S/C18H26N4O2/c23-17(8-7-14-12-19-9-10-20-14)21-15-11-18(24)22(13-15)16-5-3-1-2-4-6-16/h9-10,12,15-16H,1-8,11,13H2,(H,21,23). The van der Waals surface area contributed by atoms with Crippen molar-refractivity contribution < 1.29 is 9.59 Å². The Hall–Kier alpha value is -1.98. The molecule has 1 aliphatic carbocycles. The number of aromatic nitrogens is 2. The molecular weight excluding hydrogens is 304 g/mol. The maximum absolute atomic E-state index is 12.3. The number of carbonyl (C=O) groups excluding carboxylic acids is 2. The van der Waals surface area contributed by atoms with Crippen LogP contribution in [0.3, 0.4) is 0 Å². The molecule has 3 rings (SSSR count). The van der Waals surface area contributed by atoms with Gasteiger partial charge in [0.05, 0.1) is 11.7 Å². The topological polar surface area (TPSA) is 75.2 Å². The van der Waals surface area contributed by atoms with E-state index < -0.39 is 0 Å². The van der Waals surface area contributed by atoms with E-state index in [4.69, 9.17) is 0 Å². The van der Waals surface area contributed by atoms with Gasteiger partial charge in [-0.15, -0.1) is 0 Å². The van der Waals surface area contributed by atoms with Gasteiger partial charge in [0.1, 0.15) is 0 Å². The fourth-order valence-corrected chi connectivity index (χ4v) is 3.75. The van der Waals surface area contributed by atoms with Gasteiger partial charge in [-0.25, -0.2) is 0 Å². The van der Waals surface area contributed by atoms with Gasteiger partial charge in [-0.2, -0.15) is 0 Å². The highest BCUT2D eigenvalue weighted by atomic mass is 16.2. The van der Waals surface area contributed by atoms with Crippen molar-refractivity contribution in [1.29, 1.82) is 0 Å². The predicted octanol–water partition coefficient (Wildman–Crippen LogP) is 1.85. The van der Waals surface area contributed by atoms with Crippen molar-refractivity contribution in [2.75, 3.05) is 6.54 Å². The van der Waals surface area contributed by atoms with E-state index in [2.05, 4.69) is 15.3 Å². The van der Waals surface area contributed by atoms with Crippen LogP contribution in [0.15, 0.2) is 18.6 Å². The van der Waals surface area contributed by atoms with E-state index in [0.29, 0.717) is 31.8 Å². The van der Waals surface area contributed by atoms with Crippen LogP contribution in [0.4, 0.5) is 0 Å². The van der Waals surface area contributed by atoms with Gasteiger partial charge in [-0.1, -0.05) is 25.7 Å². The lowest BCUT2D eigenvalue weighted by atomic mass is 10.1. The zero-order valence-corrected chi connectivity index (χ0v) is 14.1. The number of carbonyl (C=O) groups is 2. The van der Waals surface area contributed by atoms with Crippen LogP contribution in [0.1, 0.15) is 57.1 Å². The zero-order valence-electron chi connectivity index (χ0n) is 14.1. The van der Waals surface area contributed by atoms with Crippen molar-refractivity contribution in [2.45, 2.75) is 69.9 Å². The molecule has 1 saturated carbocycles. The van der Waals surface area contributed by atoms with Crippen molar-refractivity contribution in [3.63, 3.8) is 0 Å². The first-order chi connectivity index (χ1) is 11.7. The van der Waals surface area contributed by atoms with Crippen molar-refractivity contribution >= 4 is 11.8 Å². The molecule has 2 aliphatic rings. The number of amides is 2.